The molecule has 0 amide bonds. The molecule has 8 heteroatoms. The van der Waals surface area contributed by atoms with Gasteiger partial charge in [0.25, 0.3) is 0 Å². The second-order valence-electron chi connectivity index (χ2n) is 2.88. The van der Waals surface area contributed by atoms with Crippen LogP contribution in [-0.2, 0) is 5.88 Å². The number of hydrogen-bond donors (Lipinski definition) is 0. The SMILES string of the molecule is FC1(F)Oc2c(Cl)c(Cl)c(CCl)c(Cl)c2O1. The summed E-state index contributed by atoms with van der Waals surface area (Å²) < 4.78 is 34.1. The minimum atomic E-state index is -3.80. The third-order valence-corrected chi connectivity index (χ3v) is 3.44. The standard InChI is InChI=1S/C8H2Cl4F2O2/c9-1-2-3(10)5(12)7-6(4(2)11)15-8(13,14)16-7/h1H2. The summed E-state index contributed by atoms with van der Waals surface area (Å²) in [7, 11) is 0. The summed E-state index contributed by atoms with van der Waals surface area (Å²) in [5.41, 5.74) is 0.218. The lowest BCUT2D eigenvalue weighted by Gasteiger charge is -2.08. The van der Waals surface area contributed by atoms with Crippen molar-refractivity contribution in [3.8, 4) is 11.5 Å². The van der Waals surface area contributed by atoms with Gasteiger partial charge in [0.15, 0.2) is 11.5 Å². The molecule has 1 aliphatic rings. The first kappa shape index (κ1) is 12.3. The first-order chi connectivity index (χ1) is 7.37. The van der Waals surface area contributed by atoms with Gasteiger partial charge in [-0.3, -0.25) is 0 Å². The van der Waals surface area contributed by atoms with E-state index in [0.29, 0.717) is 0 Å². The molecule has 0 radical (unpaired) electrons. The summed E-state index contributed by atoms with van der Waals surface area (Å²) in [5, 5.41) is -0.354. The van der Waals surface area contributed by atoms with E-state index in [1.54, 1.807) is 0 Å². The van der Waals surface area contributed by atoms with E-state index in [9.17, 15) is 8.78 Å². The molecule has 1 aromatic rings. The Bertz CT molecular complexity index is 464. The average molecular weight is 310 g/mol. The van der Waals surface area contributed by atoms with E-state index in [-0.39, 0.29) is 38.0 Å². The third kappa shape index (κ3) is 1.78. The maximum atomic E-state index is 12.8. The van der Waals surface area contributed by atoms with Crippen LogP contribution in [0, 0.1) is 0 Å². The van der Waals surface area contributed by atoms with Crippen LogP contribution in [0.25, 0.3) is 0 Å². The van der Waals surface area contributed by atoms with Crippen LogP contribution < -0.4 is 9.47 Å². The van der Waals surface area contributed by atoms with Crippen LogP contribution in [0.3, 0.4) is 0 Å². The quantitative estimate of drug-likeness (QED) is 0.552. The van der Waals surface area contributed by atoms with E-state index in [1.807, 2.05) is 0 Å². The van der Waals surface area contributed by atoms with Gasteiger partial charge < -0.3 is 9.47 Å². The Morgan fingerprint density at radius 3 is 1.94 bits per heavy atom. The largest absolute Gasteiger partial charge is 0.586 e. The Labute approximate surface area is 109 Å². The molecule has 0 saturated heterocycles. The Morgan fingerprint density at radius 2 is 1.44 bits per heavy atom. The van der Waals surface area contributed by atoms with Gasteiger partial charge in [0.1, 0.15) is 5.02 Å². The number of halogens is 6. The molecule has 0 aromatic heterocycles. The first-order valence-corrected chi connectivity index (χ1v) is 5.55. The minimum Gasteiger partial charge on any atom is -0.394 e. The van der Waals surface area contributed by atoms with Crippen LogP contribution in [-0.4, -0.2) is 6.29 Å². The number of alkyl halides is 3. The molecular formula is C8H2Cl4F2O2. The molecule has 0 atom stereocenters. The van der Waals surface area contributed by atoms with Gasteiger partial charge in [0.2, 0.25) is 0 Å². The molecule has 0 aliphatic carbocycles. The molecule has 1 heterocycles. The minimum absolute atomic E-state index is 0.0262. The maximum absolute atomic E-state index is 12.8. The van der Waals surface area contributed by atoms with Gasteiger partial charge in [-0.25, -0.2) is 0 Å². The zero-order valence-corrected chi connectivity index (χ0v) is 10.3. The van der Waals surface area contributed by atoms with Crippen molar-refractivity contribution in [3.05, 3.63) is 20.6 Å². The Morgan fingerprint density at radius 1 is 0.938 bits per heavy atom. The van der Waals surface area contributed by atoms with Crippen LogP contribution in [0.2, 0.25) is 15.1 Å². The van der Waals surface area contributed by atoms with Gasteiger partial charge >= 0.3 is 6.29 Å². The first-order valence-electron chi connectivity index (χ1n) is 3.88. The fourth-order valence-electron chi connectivity index (χ4n) is 1.22. The molecule has 0 spiro atoms. The van der Waals surface area contributed by atoms with Crippen LogP contribution in [0.1, 0.15) is 5.56 Å². The Hall–Kier alpha value is -0.160. The lowest BCUT2D eigenvalue weighted by atomic mass is 10.2. The molecule has 16 heavy (non-hydrogen) atoms. The average Bonchev–Trinajstić information content (AvgIpc) is 2.52. The molecule has 2 nitrogen and oxygen atoms in total. The molecule has 0 unspecified atom stereocenters. The van der Waals surface area contributed by atoms with Crippen LogP contribution in [0.4, 0.5) is 8.78 Å². The van der Waals surface area contributed by atoms with Crippen LogP contribution in [0.15, 0.2) is 0 Å². The predicted molar refractivity (Wildman–Crippen MR) is 57.2 cm³/mol. The number of hydrogen-bond acceptors (Lipinski definition) is 2. The summed E-state index contributed by atoms with van der Waals surface area (Å²) >= 11 is 22.9. The van der Waals surface area contributed by atoms with Gasteiger partial charge in [0, 0.05) is 5.56 Å². The van der Waals surface area contributed by atoms with Crippen LogP contribution >= 0.6 is 46.4 Å². The van der Waals surface area contributed by atoms with E-state index in [1.165, 1.54) is 0 Å². The topological polar surface area (TPSA) is 18.5 Å². The molecule has 1 aromatic carbocycles. The molecule has 0 N–H and O–H groups in total. The fourth-order valence-corrected chi connectivity index (χ4v) is 2.45. The summed E-state index contributed by atoms with van der Waals surface area (Å²) in [6.07, 6.45) is -3.80. The third-order valence-electron chi connectivity index (χ3n) is 1.90. The predicted octanol–water partition coefficient (Wildman–Crippen LogP) is 4.71. The molecule has 0 fully saturated rings. The second kappa shape index (κ2) is 3.95. The van der Waals surface area contributed by atoms with Crippen LogP contribution in [0.5, 0.6) is 11.5 Å². The van der Waals surface area contributed by atoms with E-state index < -0.39 is 6.29 Å². The van der Waals surface area contributed by atoms with Crippen molar-refractivity contribution in [2.45, 2.75) is 12.2 Å². The molecule has 0 saturated carbocycles. The molecule has 0 bridgehead atoms. The highest BCUT2D eigenvalue weighted by Crippen LogP contribution is 2.54. The van der Waals surface area contributed by atoms with Crippen molar-refractivity contribution in [2.24, 2.45) is 0 Å². The zero-order valence-electron chi connectivity index (χ0n) is 7.29. The monoisotopic (exact) mass is 308 g/mol. The van der Waals surface area contributed by atoms with Crippen molar-refractivity contribution < 1.29 is 18.3 Å². The van der Waals surface area contributed by atoms with Crippen molar-refractivity contribution >= 4 is 46.4 Å². The highest BCUT2D eigenvalue weighted by atomic mass is 35.5. The Kier molecular flexibility index (Phi) is 3.03. The lowest BCUT2D eigenvalue weighted by Crippen LogP contribution is -2.26. The van der Waals surface area contributed by atoms with Crippen molar-refractivity contribution in [3.63, 3.8) is 0 Å². The number of fused-ring (bicyclic) bond motifs is 1. The highest BCUT2D eigenvalue weighted by molar-refractivity contribution is 6.46. The van der Waals surface area contributed by atoms with Gasteiger partial charge in [0.05, 0.1) is 15.9 Å². The lowest BCUT2D eigenvalue weighted by molar-refractivity contribution is -0.286. The van der Waals surface area contributed by atoms with E-state index in [0.717, 1.165) is 0 Å². The number of rotatable bonds is 1. The maximum Gasteiger partial charge on any atom is 0.586 e. The van der Waals surface area contributed by atoms with Gasteiger partial charge in [-0.2, -0.15) is 0 Å². The summed E-state index contributed by atoms with van der Waals surface area (Å²) in [6, 6.07) is 0. The van der Waals surface area contributed by atoms with E-state index >= 15 is 0 Å². The fraction of sp³-hybridized carbons (Fsp3) is 0.250. The van der Waals surface area contributed by atoms with Gasteiger partial charge in [-0.15, -0.1) is 20.4 Å². The highest BCUT2D eigenvalue weighted by Gasteiger charge is 2.47. The van der Waals surface area contributed by atoms with E-state index in [4.69, 9.17) is 46.4 Å². The smallest absolute Gasteiger partial charge is 0.394 e. The van der Waals surface area contributed by atoms with Crippen molar-refractivity contribution in [2.75, 3.05) is 0 Å². The summed E-state index contributed by atoms with van der Waals surface area (Å²) in [4.78, 5) is 0. The number of benzene rings is 1. The molecule has 2 rings (SSSR count). The number of ether oxygens (including phenoxy) is 2. The van der Waals surface area contributed by atoms with Gasteiger partial charge in [-0.05, 0) is 0 Å². The van der Waals surface area contributed by atoms with Crippen molar-refractivity contribution in [1.29, 1.82) is 0 Å². The summed E-state index contributed by atoms with van der Waals surface area (Å²) in [6.45, 7) is 0. The van der Waals surface area contributed by atoms with Gasteiger partial charge in [-0.1, -0.05) is 34.8 Å². The van der Waals surface area contributed by atoms with Crippen molar-refractivity contribution in [1.82, 2.24) is 0 Å². The summed E-state index contributed by atoms with van der Waals surface area (Å²) in [5.74, 6) is -0.813. The normalized spacial score (nSPS) is 16.6. The van der Waals surface area contributed by atoms with E-state index in [2.05, 4.69) is 9.47 Å². The second-order valence-corrected chi connectivity index (χ2v) is 4.28. The Balaban J connectivity index is 2.68. The molecule has 88 valence electrons. The molecular weight excluding hydrogens is 308 g/mol. The zero-order chi connectivity index (χ0) is 12.1. The molecule has 1 aliphatic heterocycles.